The molecular weight excluding hydrogens is 560 g/mol. The van der Waals surface area contributed by atoms with Crippen LogP contribution in [-0.4, -0.2) is 58.9 Å². The molecule has 2 aliphatic carbocycles. The third kappa shape index (κ3) is 5.77. The Morgan fingerprint density at radius 1 is 0.800 bits per heavy atom. The number of carboxylic acid groups (broad SMARTS) is 1. The number of amides is 2. The summed E-state index contributed by atoms with van der Waals surface area (Å²) in [5.41, 5.74) is 3.85. The third-order valence-electron chi connectivity index (χ3n) is 11.4. The second-order valence-corrected chi connectivity index (χ2v) is 14.7. The lowest BCUT2D eigenvalue weighted by molar-refractivity contribution is -0.145. The Kier molecular flexibility index (Phi) is 8.53. The van der Waals surface area contributed by atoms with E-state index in [1.54, 1.807) is 12.1 Å². The van der Waals surface area contributed by atoms with Crippen LogP contribution in [-0.2, 0) is 15.0 Å². The number of hydrogen-bond acceptors (Lipinski definition) is 3. The summed E-state index contributed by atoms with van der Waals surface area (Å²) in [6.45, 7) is 9.25. The Labute approximate surface area is 268 Å². The summed E-state index contributed by atoms with van der Waals surface area (Å²) in [6, 6.07) is 17.4. The average molecular weight is 609 g/mol. The molecule has 2 aromatic carbocycles. The summed E-state index contributed by atoms with van der Waals surface area (Å²) >= 11 is 0. The summed E-state index contributed by atoms with van der Waals surface area (Å²) in [6.07, 6.45) is 13.4. The van der Waals surface area contributed by atoms with Gasteiger partial charge < -0.3 is 14.9 Å². The maximum atomic E-state index is 14.8. The molecule has 1 N–H and O–H groups in total. The molecule has 45 heavy (non-hydrogen) atoms. The standard InChI is InChI=1S/C39H48N2O4/c1-37(2)32(28-15-17-30(18-16-28)35(43)44)19-21-38(3)27-41(24-20-33(37)38)36(45)39(31-13-9-6-10-14-31)22-25-40(26-23-39)34(42)29-11-7-4-5-8-12-29/h6,9-10,13-20,29H,4-5,7-8,11-12,21-27H2,1-3H3,(H,43,44)/t38-/m1/s1. The Hall–Kier alpha value is -3.67. The van der Waals surface area contributed by atoms with Crippen LogP contribution in [0, 0.1) is 16.7 Å². The fraction of sp³-hybridized carbons (Fsp3) is 0.513. The molecular formula is C39H48N2O4. The number of carboxylic acids is 1. The van der Waals surface area contributed by atoms with Crippen molar-refractivity contribution < 1.29 is 19.5 Å². The Balaban J connectivity index is 1.23. The Morgan fingerprint density at radius 2 is 1.44 bits per heavy atom. The van der Waals surface area contributed by atoms with E-state index in [-0.39, 0.29) is 28.2 Å². The van der Waals surface area contributed by atoms with Crippen molar-refractivity contribution in [3.8, 4) is 0 Å². The van der Waals surface area contributed by atoms with E-state index in [2.05, 4.69) is 54.9 Å². The van der Waals surface area contributed by atoms with Crippen LogP contribution in [0.25, 0.3) is 5.57 Å². The first-order valence-electron chi connectivity index (χ1n) is 16.9. The molecule has 6 rings (SSSR count). The van der Waals surface area contributed by atoms with Crippen molar-refractivity contribution in [2.75, 3.05) is 26.2 Å². The molecule has 6 heteroatoms. The highest BCUT2D eigenvalue weighted by atomic mass is 16.4. The number of piperidine rings is 1. The number of fused-ring (bicyclic) bond motifs is 1. The molecule has 1 atom stereocenters. The van der Waals surface area contributed by atoms with Gasteiger partial charge in [0.25, 0.3) is 0 Å². The van der Waals surface area contributed by atoms with Gasteiger partial charge in [0.15, 0.2) is 0 Å². The summed E-state index contributed by atoms with van der Waals surface area (Å²) in [5.74, 6) is -0.297. The van der Waals surface area contributed by atoms with Crippen molar-refractivity contribution >= 4 is 23.4 Å². The van der Waals surface area contributed by atoms with E-state index < -0.39 is 11.4 Å². The molecule has 0 bridgehead atoms. The summed E-state index contributed by atoms with van der Waals surface area (Å²) in [5, 5.41) is 9.36. The maximum absolute atomic E-state index is 14.8. The minimum absolute atomic E-state index is 0.140. The van der Waals surface area contributed by atoms with Gasteiger partial charge in [-0.05, 0) is 60.9 Å². The predicted molar refractivity (Wildman–Crippen MR) is 178 cm³/mol. The molecule has 2 amide bonds. The number of allylic oxidation sites excluding steroid dienone is 2. The van der Waals surface area contributed by atoms with Gasteiger partial charge in [0.05, 0.1) is 11.0 Å². The molecule has 1 saturated heterocycles. The van der Waals surface area contributed by atoms with Crippen molar-refractivity contribution in [1.29, 1.82) is 0 Å². The average Bonchev–Trinajstić information content (AvgIpc) is 3.34. The number of nitrogens with zero attached hydrogens (tertiary/aromatic N) is 2. The number of carbonyl (C=O) groups is 3. The molecule has 0 spiro atoms. The topological polar surface area (TPSA) is 77.9 Å². The lowest BCUT2D eigenvalue weighted by Gasteiger charge is -2.52. The van der Waals surface area contributed by atoms with E-state index in [9.17, 15) is 19.5 Å². The SMILES string of the molecule is CC1(C)C(c2ccc(C(=O)O)cc2)=CC[C@]2(C)CN(C(=O)C3(c4ccccc4)CCN(C(=O)C4CCCCCC4)CC3)CC=C12. The van der Waals surface area contributed by atoms with Crippen molar-refractivity contribution in [3.05, 3.63) is 89.0 Å². The van der Waals surface area contributed by atoms with Crippen LogP contribution in [0.2, 0.25) is 0 Å². The molecule has 4 aliphatic rings. The van der Waals surface area contributed by atoms with Crippen LogP contribution in [0.1, 0.15) is 100 Å². The van der Waals surface area contributed by atoms with Crippen LogP contribution in [0.4, 0.5) is 0 Å². The van der Waals surface area contributed by atoms with Crippen molar-refractivity contribution in [3.63, 3.8) is 0 Å². The van der Waals surface area contributed by atoms with Gasteiger partial charge in [0.2, 0.25) is 11.8 Å². The molecule has 2 aliphatic heterocycles. The molecule has 6 nitrogen and oxygen atoms in total. The number of hydrogen-bond donors (Lipinski definition) is 1. The summed E-state index contributed by atoms with van der Waals surface area (Å²) < 4.78 is 0. The molecule has 0 radical (unpaired) electrons. The summed E-state index contributed by atoms with van der Waals surface area (Å²) in [7, 11) is 0. The van der Waals surface area contributed by atoms with Crippen molar-refractivity contribution in [2.24, 2.45) is 16.7 Å². The quantitative estimate of drug-likeness (QED) is 0.282. The Bertz CT molecular complexity index is 1490. The zero-order valence-electron chi connectivity index (χ0n) is 27.2. The molecule has 0 unspecified atom stereocenters. The fourth-order valence-corrected chi connectivity index (χ4v) is 8.94. The molecule has 1 saturated carbocycles. The van der Waals surface area contributed by atoms with Crippen LogP contribution in [0.5, 0.6) is 0 Å². The van der Waals surface area contributed by atoms with E-state index >= 15 is 0 Å². The van der Waals surface area contributed by atoms with Gasteiger partial charge >= 0.3 is 5.97 Å². The van der Waals surface area contributed by atoms with E-state index in [0.29, 0.717) is 44.9 Å². The second kappa shape index (κ2) is 12.3. The van der Waals surface area contributed by atoms with Crippen molar-refractivity contribution in [1.82, 2.24) is 9.80 Å². The van der Waals surface area contributed by atoms with Gasteiger partial charge in [-0.1, -0.05) is 107 Å². The number of aromatic carboxylic acids is 1. The highest BCUT2D eigenvalue weighted by Crippen LogP contribution is 2.55. The van der Waals surface area contributed by atoms with E-state index in [1.165, 1.54) is 24.0 Å². The largest absolute Gasteiger partial charge is 0.478 e. The second-order valence-electron chi connectivity index (χ2n) is 14.7. The zero-order chi connectivity index (χ0) is 31.8. The number of rotatable bonds is 5. The summed E-state index contributed by atoms with van der Waals surface area (Å²) in [4.78, 5) is 43.9. The first-order valence-corrected chi connectivity index (χ1v) is 16.9. The molecule has 2 heterocycles. The first kappa shape index (κ1) is 31.3. The molecule has 0 aromatic heterocycles. The third-order valence-corrected chi connectivity index (χ3v) is 11.4. The van der Waals surface area contributed by atoms with Crippen LogP contribution in [0.15, 0.2) is 72.3 Å². The van der Waals surface area contributed by atoms with Gasteiger partial charge in [-0.3, -0.25) is 9.59 Å². The molecule has 238 valence electrons. The van der Waals surface area contributed by atoms with Gasteiger partial charge in [0.1, 0.15) is 0 Å². The Morgan fingerprint density at radius 3 is 2.07 bits per heavy atom. The fourth-order valence-electron chi connectivity index (χ4n) is 8.94. The van der Waals surface area contributed by atoms with Gasteiger partial charge in [-0.2, -0.15) is 0 Å². The predicted octanol–water partition coefficient (Wildman–Crippen LogP) is 7.50. The first-order chi connectivity index (χ1) is 21.5. The minimum Gasteiger partial charge on any atom is -0.478 e. The van der Waals surface area contributed by atoms with E-state index in [4.69, 9.17) is 0 Å². The van der Waals surface area contributed by atoms with Crippen LogP contribution >= 0.6 is 0 Å². The normalized spacial score (nSPS) is 25.0. The lowest BCUT2D eigenvalue weighted by Crippen LogP contribution is -2.57. The highest BCUT2D eigenvalue weighted by Gasteiger charge is 2.51. The zero-order valence-corrected chi connectivity index (χ0v) is 27.2. The number of carbonyl (C=O) groups excluding carboxylic acids is 2. The number of benzene rings is 2. The monoisotopic (exact) mass is 608 g/mol. The molecule has 2 aromatic rings. The highest BCUT2D eigenvalue weighted by molar-refractivity contribution is 5.90. The molecule has 2 fully saturated rings. The van der Waals surface area contributed by atoms with Gasteiger partial charge in [0, 0.05) is 42.9 Å². The maximum Gasteiger partial charge on any atom is 0.335 e. The van der Waals surface area contributed by atoms with E-state index in [0.717, 1.165) is 43.2 Å². The van der Waals surface area contributed by atoms with Crippen molar-refractivity contribution in [2.45, 2.75) is 84.0 Å². The van der Waals surface area contributed by atoms with Gasteiger partial charge in [-0.25, -0.2) is 4.79 Å². The van der Waals surface area contributed by atoms with Crippen LogP contribution in [0.3, 0.4) is 0 Å². The van der Waals surface area contributed by atoms with Crippen LogP contribution < -0.4 is 0 Å². The van der Waals surface area contributed by atoms with Gasteiger partial charge in [-0.15, -0.1) is 0 Å². The lowest BCUT2D eigenvalue weighted by atomic mass is 9.58. The van der Waals surface area contributed by atoms with E-state index in [1.807, 2.05) is 30.3 Å². The minimum atomic E-state index is -0.920. The number of likely N-dealkylation sites (tertiary alicyclic amines) is 1. The smallest absolute Gasteiger partial charge is 0.335 e.